The highest BCUT2D eigenvalue weighted by atomic mass is 32.2. The van der Waals surface area contributed by atoms with E-state index in [1.54, 1.807) is 0 Å². The topological polar surface area (TPSA) is 87.8 Å². The molecular weight excluding hydrogens is 294 g/mol. The molecule has 1 N–H and O–H groups in total. The molecule has 0 aromatic carbocycles. The molecule has 1 aromatic rings. The van der Waals surface area contributed by atoms with Crippen molar-refractivity contribution in [1.82, 2.24) is 4.31 Å². The van der Waals surface area contributed by atoms with Gasteiger partial charge in [0.2, 0.25) is 15.8 Å². The van der Waals surface area contributed by atoms with Crippen LogP contribution in [0.2, 0.25) is 0 Å². The van der Waals surface area contributed by atoms with Crippen LogP contribution in [0.1, 0.15) is 49.4 Å². The maximum absolute atomic E-state index is 12.7. The number of carbonyl (C=O) groups is 1. The maximum atomic E-state index is 12.7. The van der Waals surface area contributed by atoms with E-state index < -0.39 is 16.0 Å². The van der Waals surface area contributed by atoms with Crippen molar-refractivity contribution in [2.45, 2.75) is 44.9 Å². The summed E-state index contributed by atoms with van der Waals surface area (Å²) in [7, 11) is -3.70. The number of rotatable bonds is 5. The van der Waals surface area contributed by atoms with Crippen LogP contribution in [0.15, 0.2) is 15.4 Å². The number of aryl methyl sites for hydroxylation is 1. The number of carboxylic acid groups (broad SMARTS) is 1. The van der Waals surface area contributed by atoms with Gasteiger partial charge in [0.25, 0.3) is 0 Å². The van der Waals surface area contributed by atoms with E-state index >= 15 is 0 Å². The number of aromatic carboxylic acids is 1. The van der Waals surface area contributed by atoms with Gasteiger partial charge in [-0.2, -0.15) is 4.31 Å². The van der Waals surface area contributed by atoms with Gasteiger partial charge in [-0.25, -0.2) is 13.2 Å². The summed E-state index contributed by atoms with van der Waals surface area (Å²) in [6, 6.07) is 1.10. The van der Waals surface area contributed by atoms with E-state index in [4.69, 9.17) is 9.52 Å². The van der Waals surface area contributed by atoms with Crippen LogP contribution in [-0.2, 0) is 10.0 Å². The predicted molar refractivity (Wildman–Crippen MR) is 76.8 cm³/mol. The summed E-state index contributed by atoms with van der Waals surface area (Å²) in [4.78, 5) is 10.9. The highest BCUT2D eigenvalue weighted by Gasteiger charge is 2.41. The third-order valence-electron chi connectivity index (χ3n) is 4.60. The Morgan fingerprint density at radius 2 is 2.05 bits per heavy atom. The summed E-state index contributed by atoms with van der Waals surface area (Å²) in [5.41, 5.74) is 0.0281. The molecule has 1 saturated heterocycles. The smallest absolute Gasteiger partial charge is 0.371 e. The summed E-state index contributed by atoms with van der Waals surface area (Å²) in [5, 5.41) is 8.91. The molecule has 0 bridgehead atoms. The molecule has 0 radical (unpaired) electrons. The van der Waals surface area contributed by atoms with Crippen molar-refractivity contribution >= 4 is 16.0 Å². The van der Waals surface area contributed by atoms with E-state index in [-0.39, 0.29) is 21.8 Å². The zero-order valence-corrected chi connectivity index (χ0v) is 13.4. The Kier molecular flexibility index (Phi) is 4.17. The second kappa shape index (κ2) is 5.46. The van der Waals surface area contributed by atoms with E-state index in [0.717, 1.165) is 25.3 Å². The Morgan fingerprint density at radius 3 is 2.48 bits per heavy atom. The van der Waals surface area contributed by atoms with Crippen molar-refractivity contribution < 1.29 is 22.7 Å². The molecule has 2 rings (SSSR count). The van der Waals surface area contributed by atoms with Crippen LogP contribution in [0, 0.1) is 12.3 Å². The van der Waals surface area contributed by atoms with Crippen molar-refractivity contribution in [3.8, 4) is 0 Å². The third-order valence-corrected chi connectivity index (χ3v) is 6.56. The molecule has 0 spiro atoms. The monoisotopic (exact) mass is 315 g/mol. The quantitative estimate of drug-likeness (QED) is 0.902. The number of furan rings is 1. The van der Waals surface area contributed by atoms with Crippen molar-refractivity contribution in [3.63, 3.8) is 0 Å². The molecule has 1 fully saturated rings. The van der Waals surface area contributed by atoms with Crippen LogP contribution >= 0.6 is 0 Å². The Labute approximate surface area is 124 Å². The lowest BCUT2D eigenvalue weighted by atomic mass is 9.82. The first kappa shape index (κ1) is 16.0. The number of hydrogen-bond acceptors (Lipinski definition) is 4. The fourth-order valence-electron chi connectivity index (χ4n) is 2.89. The minimum Gasteiger partial charge on any atom is -0.475 e. The molecule has 6 nitrogen and oxygen atoms in total. The van der Waals surface area contributed by atoms with E-state index in [9.17, 15) is 13.2 Å². The molecular formula is C14H21NO5S. The van der Waals surface area contributed by atoms with E-state index in [0.29, 0.717) is 13.1 Å². The van der Waals surface area contributed by atoms with Gasteiger partial charge in [0.15, 0.2) is 0 Å². The third kappa shape index (κ3) is 2.72. The zero-order chi connectivity index (χ0) is 15.8. The minimum atomic E-state index is -3.70. The normalized spacial score (nSPS) is 19.0. The summed E-state index contributed by atoms with van der Waals surface area (Å²) >= 11 is 0. The number of hydrogen-bond donors (Lipinski definition) is 1. The van der Waals surface area contributed by atoms with Gasteiger partial charge in [0.1, 0.15) is 10.7 Å². The lowest BCUT2D eigenvalue weighted by molar-refractivity contribution is 0.0661. The van der Waals surface area contributed by atoms with Crippen LogP contribution < -0.4 is 0 Å². The van der Waals surface area contributed by atoms with Gasteiger partial charge >= 0.3 is 5.97 Å². The molecule has 21 heavy (non-hydrogen) atoms. The Hall–Kier alpha value is -1.34. The molecule has 0 atom stereocenters. The van der Waals surface area contributed by atoms with Gasteiger partial charge in [-0.05, 0) is 31.6 Å². The maximum Gasteiger partial charge on any atom is 0.371 e. The van der Waals surface area contributed by atoms with E-state index in [2.05, 4.69) is 13.8 Å². The lowest BCUT2D eigenvalue weighted by Crippen LogP contribution is -2.32. The second-order valence-electron chi connectivity index (χ2n) is 5.63. The Morgan fingerprint density at radius 1 is 1.43 bits per heavy atom. The SMILES string of the molecule is CCC1(CC)CCN(S(=O)(=O)c2cc(C(=O)O)oc2C)C1. The second-order valence-corrected chi connectivity index (χ2v) is 7.54. The van der Waals surface area contributed by atoms with Gasteiger partial charge < -0.3 is 9.52 Å². The standard InChI is InChI=1S/C14H21NO5S/c1-4-14(5-2)6-7-15(9-14)21(18,19)12-8-11(13(16)17)20-10(12)3/h8H,4-7,9H2,1-3H3,(H,16,17). The van der Waals surface area contributed by atoms with Crippen LogP contribution in [0.25, 0.3) is 0 Å². The molecule has 1 aliphatic rings. The van der Waals surface area contributed by atoms with Crippen LogP contribution in [0.3, 0.4) is 0 Å². The molecule has 1 aliphatic heterocycles. The van der Waals surface area contributed by atoms with Crippen molar-refractivity contribution in [3.05, 3.63) is 17.6 Å². The number of sulfonamides is 1. The average molecular weight is 315 g/mol. The van der Waals surface area contributed by atoms with Crippen molar-refractivity contribution in [1.29, 1.82) is 0 Å². The highest BCUT2D eigenvalue weighted by molar-refractivity contribution is 7.89. The largest absolute Gasteiger partial charge is 0.475 e. The molecule has 0 unspecified atom stereocenters. The highest BCUT2D eigenvalue weighted by Crippen LogP contribution is 2.39. The van der Waals surface area contributed by atoms with Crippen molar-refractivity contribution in [2.24, 2.45) is 5.41 Å². The summed E-state index contributed by atoms with van der Waals surface area (Å²) in [5.74, 6) is -1.49. The first-order valence-electron chi connectivity index (χ1n) is 7.09. The molecule has 0 saturated carbocycles. The van der Waals surface area contributed by atoms with Gasteiger partial charge in [0, 0.05) is 19.2 Å². The van der Waals surface area contributed by atoms with Crippen LogP contribution in [0.4, 0.5) is 0 Å². The van der Waals surface area contributed by atoms with E-state index in [1.165, 1.54) is 11.2 Å². The van der Waals surface area contributed by atoms with Crippen LogP contribution in [0.5, 0.6) is 0 Å². The molecule has 0 amide bonds. The number of carboxylic acids is 1. The summed E-state index contributed by atoms with van der Waals surface area (Å²) in [6.07, 6.45) is 2.70. The lowest BCUT2D eigenvalue weighted by Gasteiger charge is -2.26. The Balaban J connectivity index is 2.34. The predicted octanol–water partition coefficient (Wildman–Crippen LogP) is 2.49. The molecule has 0 aliphatic carbocycles. The minimum absolute atomic E-state index is 0.0281. The zero-order valence-electron chi connectivity index (χ0n) is 12.5. The van der Waals surface area contributed by atoms with Crippen molar-refractivity contribution in [2.75, 3.05) is 13.1 Å². The summed E-state index contributed by atoms with van der Waals surface area (Å²) < 4.78 is 31.8. The van der Waals surface area contributed by atoms with Gasteiger partial charge in [-0.15, -0.1) is 0 Å². The van der Waals surface area contributed by atoms with Gasteiger partial charge in [0.05, 0.1) is 0 Å². The first-order valence-corrected chi connectivity index (χ1v) is 8.53. The summed E-state index contributed by atoms with van der Waals surface area (Å²) in [6.45, 7) is 6.57. The van der Waals surface area contributed by atoms with Gasteiger partial charge in [-0.3, -0.25) is 0 Å². The molecule has 2 heterocycles. The first-order chi connectivity index (χ1) is 9.75. The molecule has 1 aromatic heterocycles. The van der Waals surface area contributed by atoms with Gasteiger partial charge in [-0.1, -0.05) is 13.8 Å². The number of nitrogens with zero attached hydrogens (tertiary/aromatic N) is 1. The van der Waals surface area contributed by atoms with Crippen LogP contribution in [-0.4, -0.2) is 36.9 Å². The Bertz CT molecular complexity index is 642. The van der Waals surface area contributed by atoms with E-state index in [1.807, 2.05) is 0 Å². The molecule has 118 valence electrons. The fraction of sp³-hybridized carbons (Fsp3) is 0.643. The molecule has 7 heteroatoms. The fourth-order valence-corrected chi connectivity index (χ4v) is 4.61. The average Bonchev–Trinajstić information content (AvgIpc) is 3.03.